The van der Waals surface area contributed by atoms with E-state index in [1.165, 1.54) is 11.8 Å². The van der Waals surface area contributed by atoms with Gasteiger partial charge in [0, 0.05) is 18.4 Å². The van der Waals surface area contributed by atoms with Crippen LogP contribution in [0.2, 0.25) is 0 Å². The van der Waals surface area contributed by atoms with Gasteiger partial charge in [0.2, 0.25) is 5.91 Å². The van der Waals surface area contributed by atoms with Gasteiger partial charge in [0.25, 0.3) is 0 Å². The largest absolute Gasteiger partial charge is 0.353 e. The molecule has 0 aliphatic rings. The SMILES string of the molecule is CC(C)NC(=O)CSc1ncccn1. The Kier molecular flexibility index (Phi) is 4.39. The molecule has 0 fully saturated rings. The van der Waals surface area contributed by atoms with Crippen molar-refractivity contribution < 1.29 is 4.79 Å². The molecule has 1 rings (SSSR count). The fourth-order valence-electron chi connectivity index (χ4n) is 0.854. The van der Waals surface area contributed by atoms with E-state index in [0.717, 1.165) is 0 Å². The molecule has 1 heterocycles. The van der Waals surface area contributed by atoms with Crippen LogP contribution in [0.3, 0.4) is 0 Å². The highest BCUT2D eigenvalue weighted by Crippen LogP contribution is 2.09. The lowest BCUT2D eigenvalue weighted by atomic mass is 10.4. The molecule has 0 radical (unpaired) electrons. The first-order valence-corrected chi connectivity index (χ1v) is 5.36. The van der Waals surface area contributed by atoms with Crippen molar-refractivity contribution in [2.45, 2.75) is 25.0 Å². The van der Waals surface area contributed by atoms with Gasteiger partial charge in [-0.15, -0.1) is 0 Å². The van der Waals surface area contributed by atoms with Crippen LogP contribution in [0.1, 0.15) is 13.8 Å². The predicted octanol–water partition coefficient (Wildman–Crippen LogP) is 1.09. The quantitative estimate of drug-likeness (QED) is 0.598. The van der Waals surface area contributed by atoms with Crippen LogP contribution < -0.4 is 5.32 Å². The van der Waals surface area contributed by atoms with Gasteiger partial charge in [-0.05, 0) is 19.9 Å². The van der Waals surface area contributed by atoms with Gasteiger partial charge in [0.05, 0.1) is 5.75 Å². The van der Waals surface area contributed by atoms with Crippen LogP contribution in [0.15, 0.2) is 23.6 Å². The molecule has 1 aromatic heterocycles. The summed E-state index contributed by atoms with van der Waals surface area (Å²) in [5.41, 5.74) is 0. The number of rotatable bonds is 4. The summed E-state index contributed by atoms with van der Waals surface area (Å²) >= 11 is 1.34. The topological polar surface area (TPSA) is 54.9 Å². The second-order valence-electron chi connectivity index (χ2n) is 3.04. The number of aromatic nitrogens is 2. The summed E-state index contributed by atoms with van der Waals surface area (Å²) in [6.45, 7) is 3.86. The number of hydrogen-bond acceptors (Lipinski definition) is 4. The molecule has 1 N–H and O–H groups in total. The Morgan fingerprint density at radius 1 is 1.50 bits per heavy atom. The normalized spacial score (nSPS) is 10.2. The van der Waals surface area contributed by atoms with Crippen molar-refractivity contribution in [3.05, 3.63) is 18.5 Å². The molecular weight excluding hydrogens is 198 g/mol. The molecule has 0 atom stereocenters. The predicted molar refractivity (Wildman–Crippen MR) is 56.0 cm³/mol. The van der Waals surface area contributed by atoms with E-state index in [1.807, 2.05) is 13.8 Å². The maximum Gasteiger partial charge on any atom is 0.230 e. The molecule has 0 saturated heterocycles. The Morgan fingerprint density at radius 2 is 2.14 bits per heavy atom. The van der Waals surface area contributed by atoms with Gasteiger partial charge in [-0.25, -0.2) is 9.97 Å². The number of nitrogens with zero attached hydrogens (tertiary/aromatic N) is 2. The summed E-state index contributed by atoms with van der Waals surface area (Å²) < 4.78 is 0. The number of carbonyl (C=O) groups excluding carboxylic acids is 1. The van der Waals surface area contributed by atoms with Crippen LogP contribution >= 0.6 is 11.8 Å². The molecule has 0 aliphatic heterocycles. The van der Waals surface area contributed by atoms with E-state index in [1.54, 1.807) is 18.5 Å². The smallest absolute Gasteiger partial charge is 0.230 e. The van der Waals surface area contributed by atoms with Gasteiger partial charge in [-0.3, -0.25) is 4.79 Å². The maximum atomic E-state index is 11.2. The van der Waals surface area contributed by atoms with E-state index in [2.05, 4.69) is 15.3 Å². The molecule has 76 valence electrons. The van der Waals surface area contributed by atoms with E-state index < -0.39 is 0 Å². The summed E-state index contributed by atoms with van der Waals surface area (Å²) in [4.78, 5) is 19.2. The van der Waals surface area contributed by atoms with Crippen LogP contribution in [0.4, 0.5) is 0 Å². The molecule has 0 spiro atoms. The van der Waals surface area contributed by atoms with E-state index in [4.69, 9.17) is 0 Å². The molecule has 1 aromatic rings. The lowest BCUT2D eigenvalue weighted by molar-refractivity contribution is -0.119. The maximum absolute atomic E-state index is 11.2. The summed E-state index contributed by atoms with van der Waals surface area (Å²) in [6, 6.07) is 1.93. The van der Waals surface area contributed by atoms with E-state index in [0.29, 0.717) is 10.9 Å². The summed E-state index contributed by atoms with van der Waals surface area (Å²) in [5.74, 6) is 0.375. The highest BCUT2D eigenvalue weighted by Gasteiger charge is 2.04. The molecule has 0 aliphatic carbocycles. The molecule has 1 amide bonds. The fourth-order valence-corrected chi connectivity index (χ4v) is 1.47. The second kappa shape index (κ2) is 5.59. The number of thioether (sulfide) groups is 1. The first-order valence-electron chi connectivity index (χ1n) is 4.37. The Hall–Kier alpha value is -1.10. The zero-order valence-corrected chi connectivity index (χ0v) is 9.04. The van der Waals surface area contributed by atoms with Crippen LogP contribution in [0.5, 0.6) is 0 Å². The number of hydrogen-bond donors (Lipinski definition) is 1. The molecule has 0 unspecified atom stereocenters. The van der Waals surface area contributed by atoms with Crippen molar-refractivity contribution in [1.82, 2.24) is 15.3 Å². The average Bonchev–Trinajstić information content (AvgIpc) is 2.15. The molecule has 14 heavy (non-hydrogen) atoms. The standard InChI is InChI=1S/C9H13N3OS/c1-7(2)12-8(13)6-14-9-10-4-3-5-11-9/h3-5,7H,6H2,1-2H3,(H,12,13). The highest BCUT2D eigenvalue weighted by atomic mass is 32.2. The van der Waals surface area contributed by atoms with Crippen molar-refractivity contribution >= 4 is 17.7 Å². The van der Waals surface area contributed by atoms with Crippen LogP contribution in [-0.4, -0.2) is 27.7 Å². The monoisotopic (exact) mass is 211 g/mol. The molecular formula is C9H13N3OS. The third kappa shape index (κ3) is 4.23. The first kappa shape index (κ1) is 11.0. The van der Waals surface area contributed by atoms with Crippen LogP contribution in [0.25, 0.3) is 0 Å². The minimum absolute atomic E-state index is 0.0115. The van der Waals surface area contributed by atoms with Crippen molar-refractivity contribution in [2.24, 2.45) is 0 Å². The molecule has 0 aromatic carbocycles. The van der Waals surface area contributed by atoms with Crippen molar-refractivity contribution in [3.8, 4) is 0 Å². The minimum Gasteiger partial charge on any atom is -0.353 e. The van der Waals surface area contributed by atoms with Crippen molar-refractivity contribution in [1.29, 1.82) is 0 Å². The van der Waals surface area contributed by atoms with Gasteiger partial charge >= 0.3 is 0 Å². The Balaban J connectivity index is 2.31. The summed E-state index contributed by atoms with van der Waals surface area (Å²) in [7, 11) is 0. The van der Waals surface area contributed by atoms with Gasteiger partial charge in [-0.1, -0.05) is 11.8 Å². The average molecular weight is 211 g/mol. The number of nitrogens with one attached hydrogen (secondary N) is 1. The molecule has 0 bridgehead atoms. The third-order valence-electron chi connectivity index (χ3n) is 1.32. The minimum atomic E-state index is 0.0115. The molecule has 0 saturated carbocycles. The highest BCUT2D eigenvalue weighted by molar-refractivity contribution is 7.99. The Morgan fingerprint density at radius 3 is 2.71 bits per heavy atom. The van der Waals surface area contributed by atoms with E-state index >= 15 is 0 Å². The first-order chi connectivity index (χ1) is 6.68. The Bertz CT molecular complexity index is 289. The second-order valence-corrected chi connectivity index (χ2v) is 3.98. The zero-order valence-electron chi connectivity index (χ0n) is 8.23. The number of carbonyl (C=O) groups is 1. The van der Waals surface area contributed by atoms with Crippen LogP contribution in [0, 0.1) is 0 Å². The van der Waals surface area contributed by atoms with E-state index in [9.17, 15) is 4.79 Å². The lowest BCUT2D eigenvalue weighted by Gasteiger charge is -2.06. The number of amides is 1. The van der Waals surface area contributed by atoms with Crippen molar-refractivity contribution in [3.63, 3.8) is 0 Å². The fraction of sp³-hybridized carbons (Fsp3) is 0.444. The van der Waals surface area contributed by atoms with Gasteiger partial charge < -0.3 is 5.32 Å². The van der Waals surface area contributed by atoms with Gasteiger partial charge in [0.1, 0.15) is 0 Å². The third-order valence-corrected chi connectivity index (χ3v) is 2.20. The van der Waals surface area contributed by atoms with Gasteiger partial charge in [0.15, 0.2) is 5.16 Å². The van der Waals surface area contributed by atoms with E-state index in [-0.39, 0.29) is 11.9 Å². The summed E-state index contributed by atoms with van der Waals surface area (Å²) in [6.07, 6.45) is 3.32. The van der Waals surface area contributed by atoms with Gasteiger partial charge in [-0.2, -0.15) is 0 Å². The molecule has 5 heteroatoms. The zero-order chi connectivity index (χ0) is 10.4. The van der Waals surface area contributed by atoms with Crippen molar-refractivity contribution in [2.75, 3.05) is 5.75 Å². The summed E-state index contributed by atoms with van der Waals surface area (Å²) in [5, 5.41) is 3.43. The molecule has 4 nitrogen and oxygen atoms in total. The Labute approximate surface area is 87.5 Å². The lowest BCUT2D eigenvalue weighted by Crippen LogP contribution is -2.31. The van der Waals surface area contributed by atoms with Crippen LogP contribution in [-0.2, 0) is 4.79 Å².